The van der Waals surface area contributed by atoms with Crippen LogP contribution >= 0.6 is 11.6 Å². The Morgan fingerprint density at radius 1 is 1.28 bits per heavy atom. The third-order valence-corrected chi connectivity index (χ3v) is 3.95. The fraction of sp³-hybridized carbons (Fsp3) is 0.100. The van der Waals surface area contributed by atoms with Crippen molar-refractivity contribution >= 4 is 29.3 Å². The molecule has 0 radical (unpaired) electrons. The minimum Gasteiger partial charge on any atom is -0.488 e. The Balaban J connectivity index is 1.82. The number of ether oxygens (including phenoxy) is 1. The molecule has 0 atom stereocenters. The molecule has 1 N–H and O–H groups in total. The molecule has 25 heavy (non-hydrogen) atoms. The van der Waals surface area contributed by atoms with E-state index in [9.17, 15) is 10.1 Å². The van der Waals surface area contributed by atoms with Crippen molar-refractivity contribution in [1.82, 2.24) is 0 Å². The number of rotatable bonds is 3. The standard InChI is InChI=1S/C20H15ClN2O2/c1-13-2-5-18(6-3-13)23-20(24)16(11-22)9-14-8-15-10-17(21)4-7-19(15)25-12-14/h2-10H,12H2,1H3,(H,23,24)/b16-9-. The minimum absolute atomic E-state index is 0.0147. The number of carbonyl (C=O) groups is 1. The molecular formula is C20H15ClN2O2. The van der Waals surface area contributed by atoms with Crippen LogP contribution in [0.4, 0.5) is 5.69 Å². The first-order valence-electron chi connectivity index (χ1n) is 7.68. The zero-order valence-corrected chi connectivity index (χ0v) is 14.3. The number of aryl methyl sites for hydroxylation is 1. The number of nitrogens with one attached hydrogen (secondary N) is 1. The zero-order chi connectivity index (χ0) is 17.8. The summed E-state index contributed by atoms with van der Waals surface area (Å²) >= 11 is 5.99. The lowest BCUT2D eigenvalue weighted by Crippen LogP contribution is -2.15. The molecule has 0 aromatic heterocycles. The third-order valence-electron chi connectivity index (χ3n) is 3.71. The Kier molecular flexibility index (Phi) is 4.87. The van der Waals surface area contributed by atoms with Gasteiger partial charge in [0.05, 0.1) is 0 Å². The van der Waals surface area contributed by atoms with E-state index in [4.69, 9.17) is 16.3 Å². The fourth-order valence-electron chi connectivity index (χ4n) is 2.42. The lowest BCUT2D eigenvalue weighted by Gasteiger charge is -2.16. The summed E-state index contributed by atoms with van der Waals surface area (Å²) in [6, 6.07) is 14.6. The van der Waals surface area contributed by atoms with Crippen molar-refractivity contribution < 1.29 is 9.53 Å². The van der Waals surface area contributed by atoms with E-state index < -0.39 is 5.91 Å². The molecule has 1 aliphatic rings. The number of hydrogen-bond donors (Lipinski definition) is 1. The number of hydrogen-bond acceptors (Lipinski definition) is 3. The van der Waals surface area contributed by atoms with E-state index in [1.165, 1.54) is 6.08 Å². The predicted molar refractivity (Wildman–Crippen MR) is 98.4 cm³/mol. The minimum atomic E-state index is -0.454. The number of nitrogens with zero attached hydrogens (tertiary/aromatic N) is 1. The van der Waals surface area contributed by atoms with Crippen molar-refractivity contribution in [3.8, 4) is 11.8 Å². The maximum Gasteiger partial charge on any atom is 0.266 e. The van der Waals surface area contributed by atoms with Crippen molar-refractivity contribution in [2.75, 3.05) is 11.9 Å². The van der Waals surface area contributed by atoms with Gasteiger partial charge >= 0.3 is 0 Å². The Hall–Kier alpha value is -3.03. The highest BCUT2D eigenvalue weighted by molar-refractivity contribution is 6.30. The maximum absolute atomic E-state index is 12.3. The lowest BCUT2D eigenvalue weighted by molar-refractivity contribution is -0.112. The van der Waals surface area contributed by atoms with Gasteiger partial charge in [0.15, 0.2) is 0 Å². The summed E-state index contributed by atoms with van der Waals surface area (Å²) < 4.78 is 5.64. The first-order chi connectivity index (χ1) is 12.0. The van der Waals surface area contributed by atoms with Gasteiger partial charge in [-0.05, 0) is 55.0 Å². The van der Waals surface area contributed by atoms with Crippen molar-refractivity contribution in [1.29, 1.82) is 5.26 Å². The first-order valence-corrected chi connectivity index (χ1v) is 8.06. The fourth-order valence-corrected chi connectivity index (χ4v) is 2.60. The maximum atomic E-state index is 12.3. The molecule has 5 heteroatoms. The lowest BCUT2D eigenvalue weighted by atomic mass is 10.0. The van der Waals surface area contributed by atoms with Crippen molar-refractivity contribution in [2.24, 2.45) is 0 Å². The molecule has 0 aliphatic carbocycles. The molecule has 0 spiro atoms. The second-order valence-corrected chi connectivity index (χ2v) is 6.12. The Labute approximate surface area is 151 Å². The molecule has 0 saturated carbocycles. The molecule has 0 saturated heterocycles. The highest BCUT2D eigenvalue weighted by Gasteiger charge is 2.14. The quantitative estimate of drug-likeness (QED) is 0.654. The number of benzene rings is 2. The largest absolute Gasteiger partial charge is 0.488 e. The zero-order valence-electron chi connectivity index (χ0n) is 13.5. The van der Waals surface area contributed by atoms with Gasteiger partial charge < -0.3 is 10.1 Å². The topological polar surface area (TPSA) is 62.1 Å². The van der Waals surface area contributed by atoms with Crippen LogP contribution < -0.4 is 10.1 Å². The van der Waals surface area contributed by atoms with Gasteiger partial charge in [-0.25, -0.2) is 0 Å². The van der Waals surface area contributed by atoms with Gasteiger partial charge in [0, 0.05) is 16.3 Å². The smallest absolute Gasteiger partial charge is 0.266 e. The third kappa shape index (κ3) is 4.09. The van der Waals surface area contributed by atoms with E-state index in [-0.39, 0.29) is 12.2 Å². The van der Waals surface area contributed by atoms with Crippen molar-refractivity contribution in [2.45, 2.75) is 6.92 Å². The second kappa shape index (κ2) is 7.25. The highest BCUT2D eigenvalue weighted by Crippen LogP contribution is 2.29. The van der Waals surface area contributed by atoms with Gasteiger partial charge in [0.2, 0.25) is 0 Å². The summed E-state index contributed by atoms with van der Waals surface area (Å²) in [5.74, 6) is 0.272. The number of nitriles is 1. The molecule has 4 nitrogen and oxygen atoms in total. The van der Waals surface area contributed by atoms with Crippen LogP contribution in [0.2, 0.25) is 5.02 Å². The summed E-state index contributed by atoms with van der Waals surface area (Å²) in [6.45, 7) is 2.25. The molecule has 2 aromatic carbocycles. The van der Waals surface area contributed by atoms with Gasteiger partial charge in [-0.2, -0.15) is 5.26 Å². The predicted octanol–water partition coefficient (Wildman–Crippen LogP) is 4.51. The summed E-state index contributed by atoms with van der Waals surface area (Å²) in [7, 11) is 0. The number of fused-ring (bicyclic) bond motifs is 1. The van der Waals surface area contributed by atoms with Crippen LogP contribution in [0.25, 0.3) is 6.08 Å². The van der Waals surface area contributed by atoms with Crippen LogP contribution in [0.15, 0.2) is 59.7 Å². The van der Waals surface area contributed by atoms with Crippen molar-refractivity contribution in [3.63, 3.8) is 0 Å². The Morgan fingerprint density at radius 2 is 2.04 bits per heavy atom. The van der Waals surface area contributed by atoms with Gasteiger partial charge in [-0.3, -0.25) is 4.79 Å². The Morgan fingerprint density at radius 3 is 2.76 bits per heavy atom. The van der Waals surface area contributed by atoms with E-state index in [2.05, 4.69) is 5.32 Å². The van der Waals surface area contributed by atoms with E-state index >= 15 is 0 Å². The number of halogens is 1. The summed E-state index contributed by atoms with van der Waals surface area (Å²) in [5.41, 5.74) is 3.30. The molecule has 124 valence electrons. The monoisotopic (exact) mass is 350 g/mol. The van der Waals surface area contributed by atoms with Gasteiger partial charge in [-0.15, -0.1) is 0 Å². The van der Waals surface area contributed by atoms with Crippen LogP contribution in [-0.2, 0) is 4.79 Å². The Bertz CT molecular complexity index is 922. The van der Waals surface area contributed by atoms with Crippen molar-refractivity contribution in [3.05, 3.63) is 75.8 Å². The van der Waals surface area contributed by atoms with Crippen LogP contribution in [0, 0.1) is 18.3 Å². The van der Waals surface area contributed by atoms with E-state index in [1.807, 2.05) is 31.2 Å². The molecule has 0 fully saturated rings. The molecule has 1 amide bonds. The second-order valence-electron chi connectivity index (χ2n) is 5.68. The molecule has 0 bridgehead atoms. The normalized spacial score (nSPS) is 13.2. The average Bonchev–Trinajstić information content (AvgIpc) is 2.61. The van der Waals surface area contributed by atoms with Gasteiger partial charge in [-0.1, -0.05) is 29.3 Å². The molecule has 2 aromatic rings. The SMILES string of the molecule is Cc1ccc(NC(=O)/C(C#N)=C\C2=Cc3cc(Cl)ccc3OC2)cc1. The average molecular weight is 351 g/mol. The van der Waals surface area contributed by atoms with Crippen LogP contribution in [0.3, 0.4) is 0 Å². The summed E-state index contributed by atoms with van der Waals surface area (Å²) in [5, 5.41) is 12.6. The number of anilines is 1. The first kappa shape index (κ1) is 16.8. The van der Waals surface area contributed by atoms with Crippen LogP contribution in [0.5, 0.6) is 5.75 Å². The number of carbonyl (C=O) groups excluding carboxylic acids is 1. The van der Waals surface area contributed by atoms with E-state index in [0.29, 0.717) is 10.7 Å². The molecule has 0 unspecified atom stereocenters. The van der Waals surface area contributed by atoms with Gasteiger partial charge in [0.1, 0.15) is 24.0 Å². The van der Waals surface area contributed by atoms with Gasteiger partial charge in [0.25, 0.3) is 5.91 Å². The number of amides is 1. The molecule has 3 rings (SSSR count). The van der Waals surface area contributed by atoms with E-state index in [0.717, 1.165) is 22.4 Å². The van der Waals surface area contributed by atoms with Crippen LogP contribution in [0.1, 0.15) is 11.1 Å². The highest BCUT2D eigenvalue weighted by atomic mass is 35.5. The van der Waals surface area contributed by atoms with Crippen LogP contribution in [-0.4, -0.2) is 12.5 Å². The van der Waals surface area contributed by atoms with E-state index in [1.54, 1.807) is 30.3 Å². The molecule has 1 heterocycles. The summed E-state index contributed by atoms with van der Waals surface area (Å²) in [6.07, 6.45) is 3.40. The summed E-state index contributed by atoms with van der Waals surface area (Å²) in [4.78, 5) is 12.3. The molecular weight excluding hydrogens is 336 g/mol. The molecule has 1 aliphatic heterocycles.